The first-order chi connectivity index (χ1) is 8.15. The number of rotatable bonds is 6. The third kappa shape index (κ3) is 4.39. The van der Waals surface area contributed by atoms with Gasteiger partial charge in [0.1, 0.15) is 10.7 Å². The molecular formula is C10H16N4O2S. The van der Waals surface area contributed by atoms with E-state index in [1.807, 2.05) is 6.92 Å². The number of nitrogens with one attached hydrogen (secondary N) is 1. The van der Waals surface area contributed by atoms with Crippen LogP contribution in [0, 0.1) is 6.92 Å². The van der Waals surface area contributed by atoms with E-state index in [-0.39, 0.29) is 11.7 Å². The molecule has 0 aromatic carbocycles. The Bertz CT molecular complexity index is 403. The lowest BCUT2D eigenvalue weighted by atomic mass is 10.2. The first-order valence-electron chi connectivity index (χ1n) is 5.30. The fourth-order valence-corrected chi connectivity index (χ4v) is 2.00. The summed E-state index contributed by atoms with van der Waals surface area (Å²) in [4.78, 5) is 16.3. The van der Waals surface area contributed by atoms with Gasteiger partial charge in [-0.05, 0) is 19.8 Å². The second kappa shape index (κ2) is 6.85. The van der Waals surface area contributed by atoms with E-state index in [1.165, 1.54) is 11.3 Å². The van der Waals surface area contributed by atoms with Crippen LogP contribution >= 0.6 is 11.3 Å². The standard InChI is InChI=1S/C10H16N4O2S/c1-7-9(17-6-13-7)10(15)12-5-3-2-4-8(11)14-16/h6,16H,2-5H2,1H3,(H2,11,14)(H,12,15). The highest BCUT2D eigenvalue weighted by Gasteiger charge is 2.10. The molecule has 1 aromatic heterocycles. The van der Waals surface area contributed by atoms with Crippen molar-refractivity contribution in [2.45, 2.75) is 26.2 Å². The molecule has 6 nitrogen and oxygen atoms in total. The van der Waals surface area contributed by atoms with Crippen molar-refractivity contribution in [2.24, 2.45) is 10.9 Å². The van der Waals surface area contributed by atoms with Crippen LogP contribution in [-0.2, 0) is 0 Å². The summed E-state index contributed by atoms with van der Waals surface area (Å²) in [5, 5.41) is 14.0. The molecule has 94 valence electrons. The highest BCUT2D eigenvalue weighted by atomic mass is 32.1. The zero-order chi connectivity index (χ0) is 12.7. The lowest BCUT2D eigenvalue weighted by molar-refractivity contribution is 0.0956. The molecule has 0 aliphatic heterocycles. The fourth-order valence-electron chi connectivity index (χ4n) is 1.28. The molecule has 0 atom stereocenters. The average Bonchev–Trinajstić information content (AvgIpc) is 2.74. The van der Waals surface area contributed by atoms with E-state index < -0.39 is 0 Å². The number of oxime groups is 1. The van der Waals surface area contributed by atoms with Gasteiger partial charge in [0.05, 0.1) is 11.2 Å². The van der Waals surface area contributed by atoms with Crippen LogP contribution in [-0.4, -0.2) is 28.5 Å². The molecule has 1 heterocycles. The maximum Gasteiger partial charge on any atom is 0.263 e. The van der Waals surface area contributed by atoms with Gasteiger partial charge in [0, 0.05) is 13.0 Å². The van der Waals surface area contributed by atoms with Gasteiger partial charge in [0.25, 0.3) is 5.91 Å². The minimum Gasteiger partial charge on any atom is -0.409 e. The highest BCUT2D eigenvalue weighted by Crippen LogP contribution is 2.11. The van der Waals surface area contributed by atoms with Crippen molar-refractivity contribution in [3.8, 4) is 0 Å². The maximum absolute atomic E-state index is 11.7. The van der Waals surface area contributed by atoms with Crippen LogP contribution in [0.1, 0.15) is 34.6 Å². The summed E-state index contributed by atoms with van der Waals surface area (Å²) in [6.45, 7) is 2.39. The second-order valence-electron chi connectivity index (χ2n) is 3.57. The van der Waals surface area contributed by atoms with E-state index in [9.17, 15) is 4.79 Å². The van der Waals surface area contributed by atoms with Crippen molar-refractivity contribution >= 4 is 23.1 Å². The van der Waals surface area contributed by atoms with Crippen molar-refractivity contribution in [1.82, 2.24) is 10.3 Å². The monoisotopic (exact) mass is 256 g/mol. The van der Waals surface area contributed by atoms with Crippen LogP contribution in [0.5, 0.6) is 0 Å². The van der Waals surface area contributed by atoms with E-state index in [2.05, 4.69) is 15.5 Å². The SMILES string of the molecule is Cc1ncsc1C(=O)NCCCCC(N)=NO. The Morgan fingerprint density at radius 3 is 3.00 bits per heavy atom. The summed E-state index contributed by atoms with van der Waals surface area (Å²) in [6.07, 6.45) is 2.10. The largest absolute Gasteiger partial charge is 0.409 e. The zero-order valence-corrected chi connectivity index (χ0v) is 10.5. The Kier molecular flexibility index (Phi) is 5.41. The normalized spacial score (nSPS) is 11.5. The predicted octanol–water partition coefficient (Wildman–Crippen LogP) is 1.10. The number of hydrogen-bond acceptors (Lipinski definition) is 5. The molecule has 1 amide bonds. The van der Waals surface area contributed by atoms with Gasteiger partial charge in [-0.3, -0.25) is 4.79 Å². The Morgan fingerprint density at radius 2 is 2.41 bits per heavy atom. The van der Waals surface area contributed by atoms with E-state index in [1.54, 1.807) is 5.51 Å². The van der Waals surface area contributed by atoms with Gasteiger partial charge < -0.3 is 16.3 Å². The number of nitrogens with zero attached hydrogens (tertiary/aromatic N) is 2. The molecule has 17 heavy (non-hydrogen) atoms. The van der Waals surface area contributed by atoms with E-state index in [4.69, 9.17) is 10.9 Å². The molecular weight excluding hydrogens is 240 g/mol. The molecule has 1 rings (SSSR count). The lowest BCUT2D eigenvalue weighted by Gasteiger charge is -2.03. The van der Waals surface area contributed by atoms with Gasteiger partial charge in [-0.25, -0.2) is 4.98 Å². The molecule has 0 aliphatic rings. The third-order valence-corrected chi connectivity index (χ3v) is 3.15. The zero-order valence-electron chi connectivity index (χ0n) is 9.64. The molecule has 0 fully saturated rings. The van der Waals surface area contributed by atoms with E-state index >= 15 is 0 Å². The van der Waals surface area contributed by atoms with Crippen LogP contribution in [0.2, 0.25) is 0 Å². The minimum atomic E-state index is -0.0891. The first-order valence-corrected chi connectivity index (χ1v) is 6.17. The molecule has 0 aliphatic carbocycles. The van der Waals surface area contributed by atoms with Gasteiger partial charge in [0.2, 0.25) is 0 Å². The number of amides is 1. The molecule has 7 heteroatoms. The number of hydrogen-bond donors (Lipinski definition) is 3. The van der Waals surface area contributed by atoms with Gasteiger partial charge in [0.15, 0.2) is 0 Å². The Morgan fingerprint density at radius 1 is 1.65 bits per heavy atom. The van der Waals surface area contributed by atoms with Gasteiger partial charge in [-0.15, -0.1) is 11.3 Å². The summed E-state index contributed by atoms with van der Waals surface area (Å²) in [5.74, 6) is 0.128. The van der Waals surface area contributed by atoms with Gasteiger partial charge in [-0.1, -0.05) is 5.16 Å². The number of aromatic nitrogens is 1. The number of aryl methyl sites for hydroxylation is 1. The number of carbonyl (C=O) groups excluding carboxylic acids is 1. The van der Waals surface area contributed by atoms with Crippen LogP contribution in [0.25, 0.3) is 0 Å². The van der Waals surface area contributed by atoms with Crippen LogP contribution in [0.15, 0.2) is 10.7 Å². The number of thiazole rings is 1. The molecule has 0 bridgehead atoms. The summed E-state index contributed by atoms with van der Waals surface area (Å²) >= 11 is 1.33. The van der Waals surface area contributed by atoms with Crippen molar-refractivity contribution in [3.05, 3.63) is 16.1 Å². The van der Waals surface area contributed by atoms with Gasteiger partial charge >= 0.3 is 0 Å². The van der Waals surface area contributed by atoms with Crippen LogP contribution in [0.4, 0.5) is 0 Å². The highest BCUT2D eigenvalue weighted by molar-refractivity contribution is 7.11. The smallest absolute Gasteiger partial charge is 0.263 e. The lowest BCUT2D eigenvalue weighted by Crippen LogP contribution is -2.24. The van der Waals surface area contributed by atoms with Crippen molar-refractivity contribution in [2.75, 3.05) is 6.54 Å². The van der Waals surface area contributed by atoms with Crippen molar-refractivity contribution < 1.29 is 10.0 Å². The van der Waals surface area contributed by atoms with E-state index in [0.29, 0.717) is 17.8 Å². The number of amidine groups is 1. The Hall–Kier alpha value is -1.63. The molecule has 0 spiro atoms. The Labute approximate surface area is 104 Å². The summed E-state index contributed by atoms with van der Waals surface area (Å²) in [7, 11) is 0. The molecule has 0 radical (unpaired) electrons. The molecule has 4 N–H and O–H groups in total. The second-order valence-corrected chi connectivity index (χ2v) is 4.43. The first kappa shape index (κ1) is 13.4. The quantitative estimate of drug-likeness (QED) is 0.233. The van der Waals surface area contributed by atoms with Crippen LogP contribution in [0.3, 0.4) is 0 Å². The molecule has 0 unspecified atom stereocenters. The van der Waals surface area contributed by atoms with Crippen molar-refractivity contribution in [3.63, 3.8) is 0 Å². The summed E-state index contributed by atoms with van der Waals surface area (Å²) in [5.41, 5.74) is 7.73. The van der Waals surface area contributed by atoms with Crippen LogP contribution < -0.4 is 11.1 Å². The molecule has 1 aromatic rings. The molecule has 0 saturated carbocycles. The summed E-state index contributed by atoms with van der Waals surface area (Å²) < 4.78 is 0. The predicted molar refractivity (Wildman–Crippen MR) is 66.4 cm³/mol. The van der Waals surface area contributed by atoms with Crippen molar-refractivity contribution in [1.29, 1.82) is 0 Å². The summed E-state index contributed by atoms with van der Waals surface area (Å²) in [6, 6.07) is 0. The number of unbranched alkanes of at least 4 members (excludes halogenated alkanes) is 1. The third-order valence-electron chi connectivity index (χ3n) is 2.23. The van der Waals surface area contributed by atoms with Gasteiger partial charge in [-0.2, -0.15) is 0 Å². The Balaban J connectivity index is 2.20. The minimum absolute atomic E-state index is 0.0891. The number of nitrogens with two attached hydrogens (primary N) is 1. The molecule has 0 saturated heterocycles. The topological polar surface area (TPSA) is 101 Å². The number of carbonyl (C=O) groups is 1. The fraction of sp³-hybridized carbons (Fsp3) is 0.500. The maximum atomic E-state index is 11.7. The average molecular weight is 256 g/mol. The van der Waals surface area contributed by atoms with E-state index in [0.717, 1.165) is 18.5 Å².